The Bertz CT molecular complexity index is 1200. The molecule has 2 fully saturated rings. The van der Waals surface area contributed by atoms with E-state index in [2.05, 4.69) is 5.32 Å². The maximum atomic E-state index is 14.3. The molecule has 0 aromatic heterocycles. The lowest BCUT2D eigenvalue weighted by Crippen LogP contribution is -2.41. The third-order valence-corrected chi connectivity index (χ3v) is 7.96. The Morgan fingerprint density at radius 1 is 1.00 bits per heavy atom. The Labute approximate surface area is 218 Å². The Morgan fingerprint density at radius 2 is 1.61 bits per heavy atom. The van der Waals surface area contributed by atoms with Crippen LogP contribution in [0.25, 0.3) is 0 Å². The van der Waals surface area contributed by atoms with Crippen LogP contribution in [0.5, 0.6) is 0 Å². The van der Waals surface area contributed by atoms with E-state index in [9.17, 15) is 32.3 Å². The Balaban J connectivity index is 1.52. The first-order valence-corrected chi connectivity index (χ1v) is 12.5. The van der Waals surface area contributed by atoms with Crippen molar-refractivity contribution in [1.82, 2.24) is 0 Å². The first kappa shape index (κ1) is 28.1. The van der Waals surface area contributed by atoms with Gasteiger partial charge in [0.25, 0.3) is 0 Å². The molecule has 1 saturated carbocycles. The summed E-state index contributed by atoms with van der Waals surface area (Å²) in [4.78, 5) is 25.4. The highest BCUT2D eigenvalue weighted by Gasteiger charge is 2.52. The van der Waals surface area contributed by atoms with Crippen LogP contribution < -0.4 is 10.8 Å². The van der Waals surface area contributed by atoms with E-state index in [0.29, 0.717) is 25.0 Å². The Kier molecular flexibility index (Phi) is 7.39. The van der Waals surface area contributed by atoms with Gasteiger partial charge >= 0.3 is 19.3 Å². The quantitative estimate of drug-likeness (QED) is 0.398. The molecule has 0 spiro atoms. The molecule has 1 heterocycles. The van der Waals surface area contributed by atoms with Gasteiger partial charge in [0.15, 0.2) is 0 Å². The summed E-state index contributed by atoms with van der Waals surface area (Å²) in [5.41, 5.74) is -1.13. The summed E-state index contributed by atoms with van der Waals surface area (Å²) in [5.74, 6) is -5.72. The van der Waals surface area contributed by atoms with Crippen molar-refractivity contribution in [3.63, 3.8) is 0 Å². The Hall–Kier alpha value is -2.92. The van der Waals surface area contributed by atoms with E-state index in [1.807, 2.05) is 39.8 Å². The minimum atomic E-state index is -4.73. The van der Waals surface area contributed by atoms with E-state index >= 15 is 0 Å². The zero-order valence-corrected chi connectivity index (χ0v) is 21.6. The number of benzene rings is 2. The van der Waals surface area contributed by atoms with E-state index in [4.69, 9.17) is 9.31 Å². The van der Waals surface area contributed by atoms with E-state index < -0.39 is 71.2 Å². The fraction of sp³-hybridized carbons (Fsp3) is 0.481. The molecule has 0 unspecified atom stereocenters. The molecule has 0 bridgehead atoms. The molecule has 2 N–H and O–H groups in total. The number of alkyl halides is 3. The molecule has 38 heavy (non-hydrogen) atoms. The summed E-state index contributed by atoms with van der Waals surface area (Å²) >= 11 is 0. The summed E-state index contributed by atoms with van der Waals surface area (Å²) in [6, 6.07) is 9.04. The molecular weight excluding hydrogens is 505 g/mol. The maximum Gasteiger partial charge on any atom is 0.494 e. The molecule has 2 aromatic rings. The van der Waals surface area contributed by atoms with Crippen molar-refractivity contribution in [1.29, 1.82) is 0 Å². The maximum absolute atomic E-state index is 14.3. The third kappa shape index (κ3) is 5.45. The fourth-order valence-corrected chi connectivity index (χ4v) is 5.11. The minimum Gasteiger partial charge on any atom is -0.481 e. The number of carboxylic acids is 1. The molecular formula is C27H30BF4NO5. The number of carbonyl (C=O) groups is 2. The van der Waals surface area contributed by atoms with Crippen LogP contribution >= 0.6 is 0 Å². The van der Waals surface area contributed by atoms with Crippen molar-refractivity contribution in [2.75, 3.05) is 5.32 Å². The highest BCUT2D eigenvalue weighted by molar-refractivity contribution is 6.62. The molecule has 204 valence electrons. The molecule has 4 rings (SSSR count). The number of anilines is 1. The number of carbonyl (C=O) groups excluding carboxylic acids is 1. The number of nitrogens with one attached hydrogen (secondary N) is 1. The average Bonchev–Trinajstić information content (AvgIpc) is 3.05. The highest BCUT2D eigenvalue weighted by atomic mass is 19.4. The van der Waals surface area contributed by atoms with E-state index in [1.165, 1.54) is 0 Å². The normalized spacial score (nSPS) is 24.7. The van der Waals surface area contributed by atoms with E-state index in [1.54, 1.807) is 12.1 Å². The second kappa shape index (κ2) is 10.00. The van der Waals surface area contributed by atoms with E-state index in [-0.39, 0.29) is 6.42 Å². The molecule has 0 radical (unpaired) electrons. The van der Waals surface area contributed by atoms with Crippen molar-refractivity contribution in [3.8, 4) is 0 Å². The molecule has 1 saturated heterocycles. The number of rotatable bonds is 5. The summed E-state index contributed by atoms with van der Waals surface area (Å²) < 4.78 is 65.0. The summed E-state index contributed by atoms with van der Waals surface area (Å²) in [6.07, 6.45) is -3.38. The van der Waals surface area contributed by atoms with Crippen LogP contribution in [0, 0.1) is 17.7 Å². The smallest absolute Gasteiger partial charge is 0.481 e. The first-order chi connectivity index (χ1) is 17.6. The van der Waals surface area contributed by atoms with Gasteiger partial charge in [-0.05, 0) is 75.7 Å². The zero-order valence-electron chi connectivity index (χ0n) is 21.6. The van der Waals surface area contributed by atoms with Gasteiger partial charge in [-0.1, -0.05) is 30.7 Å². The molecule has 6 nitrogen and oxygen atoms in total. The molecule has 2 aliphatic rings. The topological polar surface area (TPSA) is 84.9 Å². The Morgan fingerprint density at radius 3 is 2.13 bits per heavy atom. The van der Waals surface area contributed by atoms with Crippen molar-refractivity contribution in [2.24, 2.45) is 11.8 Å². The molecule has 1 aliphatic carbocycles. The predicted octanol–water partition coefficient (Wildman–Crippen LogP) is 5.37. The number of carboxylic acid groups (broad SMARTS) is 1. The lowest BCUT2D eigenvalue weighted by atomic mass is 9.68. The van der Waals surface area contributed by atoms with Crippen LogP contribution in [0.15, 0.2) is 42.5 Å². The molecule has 2 aromatic carbocycles. The highest BCUT2D eigenvalue weighted by Crippen LogP contribution is 2.43. The van der Waals surface area contributed by atoms with Gasteiger partial charge in [-0.2, -0.15) is 13.2 Å². The number of amides is 1. The van der Waals surface area contributed by atoms with Crippen molar-refractivity contribution < 1.29 is 41.6 Å². The van der Waals surface area contributed by atoms with Gasteiger partial charge in [-0.3, -0.25) is 9.59 Å². The lowest BCUT2D eigenvalue weighted by Gasteiger charge is -2.35. The second-order valence-electron chi connectivity index (χ2n) is 10.9. The van der Waals surface area contributed by atoms with Crippen molar-refractivity contribution in [2.45, 2.75) is 70.3 Å². The second-order valence-corrected chi connectivity index (χ2v) is 10.9. The molecule has 3 atom stereocenters. The van der Waals surface area contributed by atoms with Gasteiger partial charge in [0.2, 0.25) is 5.91 Å². The minimum absolute atomic E-state index is 0.257. The lowest BCUT2D eigenvalue weighted by molar-refractivity contribution is -0.148. The third-order valence-electron chi connectivity index (χ3n) is 7.96. The average molecular weight is 535 g/mol. The number of aliphatic carboxylic acids is 1. The number of halogens is 4. The van der Waals surface area contributed by atoms with Crippen LogP contribution in [0.2, 0.25) is 0 Å². The van der Waals surface area contributed by atoms with Gasteiger partial charge in [-0.25, -0.2) is 4.39 Å². The monoisotopic (exact) mass is 535 g/mol. The summed E-state index contributed by atoms with van der Waals surface area (Å²) in [5, 5.41) is 12.4. The van der Waals surface area contributed by atoms with Crippen LogP contribution in [0.4, 0.5) is 23.2 Å². The number of hydrogen-bond acceptors (Lipinski definition) is 4. The predicted molar refractivity (Wildman–Crippen MR) is 133 cm³/mol. The van der Waals surface area contributed by atoms with Crippen molar-refractivity contribution >= 4 is 30.1 Å². The van der Waals surface area contributed by atoms with Crippen LogP contribution in [-0.4, -0.2) is 35.3 Å². The molecule has 1 aliphatic heterocycles. The van der Waals surface area contributed by atoms with Gasteiger partial charge in [0, 0.05) is 0 Å². The largest absolute Gasteiger partial charge is 0.494 e. The fourth-order valence-electron chi connectivity index (χ4n) is 5.11. The van der Waals surface area contributed by atoms with Crippen LogP contribution in [0.1, 0.15) is 64.0 Å². The first-order valence-electron chi connectivity index (χ1n) is 12.5. The van der Waals surface area contributed by atoms with Gasteiger partial charge in [0.1, 0.15) is 5.82 Å². The standard InChI is InChI=1S/C27H30BF4NO5/c1-25(2)26(3,4)38-28(37-25)17-11-8-15(9-12-17)18-6-5-7-19(22(18)24(35)36)23(34)33-21-13-10-16(14-20(21)29)27(30,31)32/h8-14,18-19,22H,5-7H2,1-4H3,(H,33,34)(H,35,36)/t18-,19-,22-/m1/s1. The summed E-state index contributed by atoms with van der Waals surface area (Å²) in [7, 11) is -0.576. The van der Waals surface area contributed by atoms with Crippen molar-refractivity contribution in [3.05, 3.63) is 59.4 Å². The summed E-state index contributed by atoms with van der Waals surface area (Å²) in [6.45, 7) is 7.79. The van der Waals surface area contributed by atoms with E-state index in [0.717, 1.165) is 17.1 Å². The van der Waals surface area contributed by atoms with Crippen LogP contribution in [-0.2, 0) is 25.1 Å². The zero-order chi connectivity index (χ0) is 28.0. The molecule has 11 heteroatoms. The van der Waals surface area contributed by atoms with Crippen LogP contribution in [0.3, 0.4) is 0 Å². The van der Waals surface area contributed by atoms with Gasteiger partial charge in [0.05, 0.1) is 34.3 Å². The molecule has 1 amide bonds. The number of hydrogen-bond donors (Lipinski definition) is 2. The van der Waals surface area contributed by atoms with Gasteiger partial charge in [-0.15, -0.1) is 0 Å². The SMILES string of the molecule is CC1(C)OB(c2ccc([C@H]3CCC[C@@H](C(=O)Nc4ccc(C(F)(F)F)cc4F)[C@@H]3C(=O)O)cc2)OC1(C)C. The van der Waals surface area contributed by atoms with Gasteiger partial charge < -0.3 is 19.7 Å².